The molecule has 2 aliphatic rings. The number of ether oxygens (including phenoxy) is 1. The lowest BCUT2D eigenvalue weighted by molar-refractivity contribution is -0.139. The van der Waals surface area contributed by atoms with Gasteiger partial charge in [-0.3, -0.25) is 9.78 Å². The molecule has 1 aromatic carbocycles. The number of benzene rings is 1. The molecule has 4 rings (SSSR count). The van der Waals surface area contributed by atoms with Crippen molar-refractivity contribution in [2.75, 3.05) is 32.5 Å². The van der Waals surface area contributed by atoms with E-state index in [9.17, 15) is 9.90 Å². The van der Waals surface area contributed by atoms with Crippen LogP contribution in [0.25, 0.3) is 10.9 Å². The minimum atomic E-state index is -0.673. The van der Waals surface area contributed by atoms with Gasteiger partial charge in [-0.1, -0.05) is 30.9 Å². The highest BCUT2D eigenvalue weighted by Crippen LogP contribution is 2.34. The number of hydrogen-bond acceptors (Lipinski definition) is 5. The van der Waals surface area contributed by atoms with Crippen LogP contribution in [0.5, 0.6) is 5.75 Å². The van der Waals surface area contributed by atoms with E-state index in [0.29, 0.717) is 10.9 Å². The van der Waals surface area contributed by atoms with Crippen LogP contribution in [-0.2, 0) is 11.2 Å². The smallest absolute Gasteiger partial charge is 0.303 e. The number of rotatable bonds is 11. The van der Waals surface area contributed by atoms with Gasteiger partial charge < -0.3 is 14.7 Å². The first kappa shape index (κ1) is 26.6. The van der Waals surface area contributed by atoms with E-state index in [1.165, 1.54) is 37.9 Å². The average Bonchev–Trinajstić information content (AvgIpc) is 2.86. The maximum atomic E-state index is 11.6. The highest BCUT2D eigenvalue weighted by molar-refractivity contribution is 7.99. The van der Waals surface area contributed by atoms with Gasteiger partial charge in [0.1, 0.15) is 5.75 Å². The highest BCUT2D eigenvalue weighted by Gasteiger charge is 2.30. The number of aliphatic carboxylic acids is 1. The van der Waals surface area contributed by atoms with Crippen LogP contribution < -0.4 is 4.74 Å². The number of likely N-dealkylation sites (tertiary alicyclic amines) is 1. The molecule has 2 atom stereocenters. The summed E-state index contributed by atoms with van der Waals surface area (Å²) >= 11 is 8.69. The molecule has 2 aromatic rings. The molecule has 0 spiro atoms. The Morgan fingerprint density at radius 2 is 2.06 bits per heavy atom. The van der Waals surface area contributed by atoms with Gasteiger partial charge in [0.2, 0.25) is 0 Å². The number of aryl methyl sites for hydroxylation is 1. The third-order valence-corrected chi connectivity index (χ3v) is 9.55. The molecule has 2 fully saturated rings. The molecule has 1 N–H and O–H groups in total. The number of piperidine rings is 1. The van der Waals surface area contributed by atoms with Crippen LogP contribution in [0.3, 0.4) is 0 Å². The standard InChI is InChI=1S/C28H39ClN2O3S/c1-34-22-10-11-27-25(17-22)24(26(29)18-30-27)9-5-6-20-12-13-31(19-21(20)16-28(32)33)14-15-35-23-7-3-2-4-8-23/h10-11,17-18,20-21,23H,2-9,12-16,19H2,1H3,(H,32,33)/t20-,21+/m1/s1. The van der Waals surface area contributed by atoms with E-state index in [1.54, 1.807) is 13.3 Å². The lowest BCUT2D eigenvalue weighted by Crippen LogP contribution is -2.42. The Bertz CT molecular complexity index is 982. The van der Waals surface area contributed by atoms with Crippen molar-refractivity contribution in [1.82, 2.24) is 9.88 Å². The zero-order valence-electron chi connectivity index (χ0n) is 20.9. The molecule has 1 aromatic heterocycles. The first-order valence-electron chi connectivity index (χ1n) is 13.2. The van der Waals surface area contributed by atoms with Crippen LogP contribution in [0.2, 0.25) is 5.02 Å². The number of aromatic nitrogens is 1. The number of carbonyl (C=O) groups is 1. The molecule has 192 valence electrons. The van der Waals surface area contributed by atoms with Gasteiger partial charge >= 0.3 is 5.97 Å². The monoisotopic (exact) mass is 518 g/mol. The van der Waals surface area contributed by atoms with Gasteiger partial charge in [0.25, 0.3) is 0 Å². The Morgan fingerprint density at radius 3 is 2.83 bits per heavy atom. The Hall–Kier alpha value is -1.50. The Labute approximate surface area is 219 Å². The molecule has 2 heterocycles. The summed E-state index contributed by atoms with van der Waals surface area (Å²) in [6, 6.07) is 5.91. The molecular weight excluding hydrogens is 480 g/mol. The van der Waals surface area contributed by atoms with E-state index < -0.39 is 5.97 Å². The molecule has 35 heavy (non-hydrogen) atoms. The van der Waals surface area contributed by atoms with Crippen LogP contribution >= 0.6 is 23.4 Å². The van der Waals surface area contributed by atoms with Crippen molar-refractivity contribution < 1.29 is 14.6 Å². The molecule has 1 aliphatic carbocycles. The molecule has 1 saturated carbocycles. The number of nitrogens with zero attached hydrogens (tertiary/aromatic N) is 2. The van der Waals surface area contributed by atoms with E-state index in [2.05, 4.69) is 21.6 Å². The van der Waals surface area contributed by atoms with Crippen molar-refractivity contribution in [3.05, 3.63) is 35.0 Å². The molecule has 7 heteroatoms. The molecule has 0 unspecified atom stereocenters. The molecule has 5 nitrogen and oxygen atoms in total. The van der Waals surface area contributed by atoms with Crippen molar-refractivity contribution in [2.24, 2.45) is 11.8 Å². The summed E-state index contributed by atoms with van der Waals surface area (Å²) in [5, 5.41) is 12.1. The van der Waals surface area contributed by atoms with Gasteiger partial charge in [-0.25, -0.2) is 0 Å². The van der Waals surface area contributed by atoms with Crippen molar-refractivity contribution in [3.63, 3.8) is 0 Å². The highest BCUT2D eigenvalue weighted by atomic mass is 35.5. The first-order valence-corrected chi connectivity index (χ1v) is 14.6. The molecule has 1 saturated heterocycles. The number of carboxylic acids is 1. The molecule has 0 bridgehead atoms. The minimum Gasteiger partial charge on any atom is -0.497 e. The van der Waals surface area contributed by atoms with Crippen LogP contribution in [-0.4, -0.2) is 58.7 Å². The number of carboxylic acid groups (broad SMARTS) is 1. The van der Waals surface area contributed by atoms with E-state index in [1.807, 2.05) is 18.2 Å². The summed E-state index contributed by atoms with van der Waals surface area (Å²) in [4.78, 5) is 18.6. The maximum absolute atomic E-state index is 11.6. The molecular formula is C28H39ClN2O3S. The fraction of sp³-hybridized carbons (Fsp3) is 0.643. The van der Waals surface area contributed by atoms with E-state index in [4.69, 9.17) is 16.3 Å². The van der Waals surface area contributed by atoms with Gasteiger partial charge in [0, 0.05) is 42.1 Å². The summed E-state index contributed by atoms with van der Waals surface area (Å²) in [6.07, 6.45) is 12.9. The van der Waals surface area contributed by atoms with Crippen molar-refractivity contribution in [3.8, 4) is 5.75 Å². The predicted molar refractivity (Wildman–Crippen MR) is 146 cm³/mol. The summed E-state index contributed by atoms with van der Waals surface area (Å²) in [6.45, 7) is 3.09. The predicted octanol–water partition coefficient (Wildman–Crippen LogP) is 6.70. The van der Waals surface area contributed by atoms with E-state index in [0.717, 1.165) is 72.8 Å². The van der Waals surface area contributed by atoms with Crippen molar-refractivity contribution in [1.29, 1.82) is 0 Å². The molecule has 0 amide bonds. The molecule has 1 aliphatic heterocycles. The summed E-state index contributed by atoms with van der Waals surface area (Å²) in [5.41, 5.74) is 2.04. The second-order valence-electron chi connectivity index (χ2n) is 10.2. The first-order chi connectivity index (χ1) is 17.0. The number of fused-ring (bicyclic) bond motifs is 1. The van der Waals surface area contributed by atoms with E-state index in [-0.39, 0.29) is 12.3 Å². The normalized spacial score (nSPS) is 21.9. The Balaban J connectivity index is 1.31. The summed E-state index contributed by atoms with van der Waals surface area (Å²) in [5.74, 6) is 1.99. The zero-order valence-corrected chi connectivity index (χ0v) is 22.5. The number of halogens is 1. The fourth-order valence-electron chi connectivity index (χ4n) is 5.90. The van der Waals surface area contributed by atoms with Crippen molar-refractivity contribution >= 4 is 40.2 Å². The molecule has 0 radical (unpaired) electrons. The SMILES string of the molecule is COc1ccc2ncc(Cl)c(CCC[C@@H]3CCN(CCSC4CCCCC4)C[C@@H]3CC(=O)O)c2c1. The fourth-order valence-corrected chi connectivity index (χ4v) is 7.51. The Morgan fingerprint density at radius 1 is 1.23 bits per heavy atom. The third kappa shape index (κ3) is 7.50. The largest absolute Gasteiger partial charge is 0.497 e. The lowest BCUT2D eigenvalue weighted by Gasteiger charge is -2.38. The average molecular weight is 519 g/mol. The van der Waals surface area contributed by atoms with Gasteiger partial charge in [0.05, 0.1) is 17.6 Å². The van der Waals surface area contributed by atoms with Gasteiger partial charge in [-0.2, -0.15) is 11.8 Å². The quantitative estimate of drug-likeness (QED) is 0.357. The van der Waals surface area contributed by atoms with Gasteiger partial charge in [-0.15, -0.1) is 0 Å². The zero-order chi connectivity index (χ0) is 24.6. The van der Waals surface area contributed by atoms with Gasteiger partial charge in [0.15, 0.2) is 0 Å². The van der Waals surface area contributed by atoms with Crippen LogP contribution in [0.4, 0.5) is 0 Å². The van der Waals surface area contributed by atoms with Crippen LogP contribution in [0, 0.1) is 11.8 Å². The summed E-state index contributed by atoms with van der Waals surface area (Å²) < 4.78 is 5.41. The lowest BCUT2D eigenvalue weighted by atomic mass is 9.80. The van der Waals surface area contributed by atoms with Crippen LogP contribution in [0.15, 0.2) is 24.4 Å². The van der Waals surface area contributed by atoms with E-state index >= 15 is 0 Å². The Kier molecular flexibility index (Phi) is 9.99. The van der Waals surface area contributed by atoms with Crippen LogP contribution in [0.1, 0.15) is 63.4 Å². The van der Waals surface area contributed by atoms with Gasteiger partial charge in [-0.05, 0) is 80.7 Å². The second-order valence-corrected chi connectivity index (χ2v) is 12.0. The maximum Gasteiger partial charge on any atom is 0.303 e. The van der Waals surface area contributed by atoms with Crippen molar-refractivity contribution in [2.45, 2.75) is 69.5 Å². The topological polar surface area (TPSA) is 62.7 Å². The minimum absolute atomic E-state index is 0.227. The number of methoxy groups -OCH3 is 1. The number of pyridine rings is 1. The summed E-state index contributed by atoms with van der Waals surface area (Å²) in [7, 11) is 1.67. The number of thioether (sulfide) groups is 1. The number of hydrogen-bond donors (Lipinski definition) is 1. The third-order valence-electron chi connectivity index (χ3n) is 7.86. The second kappa shape index (κ2) is 13.2.